The van der Waals surface area contributed by atoms with Gasteiger partial charge in [-0.25, -0.2) is 5.43 Å². The highest BCUT2D eigenvalue weighted by atomic mass is 16.5. The smallest absolute Gasteiger partial charge is 0.271 e. The van der Waals surface area contributed by atoms with Crippen LogP contribution >= 0.6 is 0 Å². The fraction of sp³-hybridized carbons (Fsp3) is 0.0417. The van der Waals surface area contributed by atoms with Gasteiger partial charge in [0.15, 0.2) is 5.43 Å². The Morgan fingerprint density at radius 2 is 1.90 bits per heavy atom. The van der Waals surface area contributed by atoms with Crippen LogP contribution in [0.3, 0.4) is 0 Å². The van der Waals surface area contributed by atoms with Crippen molar-refractivity contribution in [2.45, 2.75) is 6.61 Å². The number of benzene rings is 3. The molecule has 0 spiro atoms. The van der Waals surface area contributed by atoms with Gasteiger partial charge in [-0.1, -0.05) is 30.3 Å². The first kappa shape index (κ1) is 19.9. The summed E-state index contributed by atoms with van der Waals surface area (Å²) in [4.78, 5) is 24.6. The van der Waals surface area contributed by atoms with Crippen LogP contribution in [0.4, 0.5) is 0 Å². The first-order valence-electron chi connectivity index (χ1n) is 9.45. The number of hydrazone groups is 1. The molecule has 0 saturated carbocycles. The predicted octanol–water partition coefficient (Wildman–Crippen LogP) is 3.84. The van der Waals surface area contributed by atoms with E-state index < -0.39 is 5.91 Å². The van der Waals surface area contributed by atoms with E-state index in [2.05, 4.69) is 10.5 Å². The molecule has 3 aromatic carbocycles. The molecule has 31 heavy (non-hydrogen) atoms. The lowest BCUT2D eigenvalue weighted by atomic mass is 10.2. The van der Waals surface area contributed by atoms with Gasteiger partial charge in [0.2, 0.25) is 0 Å². The number of rotatable bonds is 6. The van der Waals surface area contributed by atoms with Crippen molar-refractivity contribution in [1.82, 2.24) is 5.43 Å². The number of carbonyl (C=O) groups excluding carboxylic acids is 1. The van der Waals surface area contributed by atoms with Crippen LogP contribution in [0, 0.1) is 0 Å². The van der Waals surface area contributed by atoms with Crippen LogP contribution in [0.15, 0.2) is 93.4 Å². The molecule has 0 bridgehead atoms. The zero-order valence-electron chi connectivity index (χ0n) is 16.3. The summed E-state index contributed by atoms with van der Waals surface area (Å²) in [5.74, 6) is 0.0975. The van der Waals surface area contributed by atoms with E-state index in [0.29, 0.717) is 33.4 Å². The predicted molar refractivity (Wildman–Crippen MR) is 116 cm³/mol. The van der Waals surface area contributed by atoms with E-state index in [0.717, 1.165) is 0 Å². The number of hydrogen-bond acceptors (Lipinski definition) is 6. The zero-order valence-corrected chi connectivity index (χ0v) is 16.3. The minimum atomic E-state index is -0.442. The van der Waals surface area contributed by atoms with E-state index in [4.69, 9.17) is 9.15 Å². The number of ether oxygens (including phenoxy) is 1. The van der Waals surface area contributed by atoms with Crippen molar-refractivity contribution in [3.8, 4) is 11.5 Å². The van der Waals surface area contributed by atoms with Gasteiger partial charge in [0.1, 0.15) is 30.0 Å². The van der Waals surface area contributed by atoms with Crippen molar-refractivity contribution in [2.75, 3.05) is 0 Å². The molecule has 0 atom stereocenters. The van der Waals surface area contributed by atoms with Gasteiger partial charge in [-0.2, -0.15) is 5.10 Å². The SMILES string of the molecule is O=C(N/N=C/c1cccc(OCc2coc3ccccc3c2=O)c1)c1cccc(O)c1. The lowest BCUT2D eigenvalue weighted by Gasteiger charge is -2.07. The Hall–Kier alpha value is -4.39. The molecule has 0 radical (unpaired) electrons. The molecule has 7 heteroatoms. The first-order valence-corrected chi connectivity index (χ1v) is 9.45. The Bertz CT molecular complexity index is 1330. The lowest BCUT2D eigenvalue weighted by molar-refractivity contribution is 0.0954. The Morgan fingerprint density at radius 1 is 1.06 bits per heavy atom. The summed E-state index contributed by atoms with van der Waals surface area (Å²) in [7, 11) is 0. The minimum Gasteiger partial charge on any atom is -0.508 e. The van der Waals surface area contributed by atoms with Crippen molar-refractivity contribution in [1.29, 1.82) is 0 Å². The largest absolute Gasteiger partial charge is 0.508 e. The average Bonchev–Trinajstić information content (AvgIpc) is 2.79. The second kappa shape index (κ2) is 8.96. The Labute approximate surface area is 177 Å². The summed E-state index contributed by atoms with van der Waals surface area (Å²) in [6.07, 6.45) is 2.88. The summed E-state index contributed by atoms with van der Waals surface area (Å²) >= 11 is 0. The lowest BCUT2D eigenvalue weighted by Crippen LogP contribution is -2.17. The maximum atomic E-state index is 12.5. The third-order valence-corrected chi connectivity index (χ3v) is 4.49. The van der Waals surface area contributed by atoms with Crippen molar-refractivity contribution in [3.05, 3.63) is 106 Å². The van der Waals surface area contributed by atoms with Crippen LogP contribution in [0.25, 0.3) is 11.0 Å². The molecular weight excluding hydrogens is 396 g/mol. The van der Waals surface area contributed by atoms with Gasteiger partial charge < -0.3 is 14.3 Å². The molecule has 0 fully saturated rings. The summed E-state index contributed by atoms with van der Waals surface area (Å²) in [6, 6.07) is 20.1. The van der Waals surface area contributed by atoms with Gasteiger partial charge in [-0.3, -0.25) is 9.59 Å². The van der Waals surface area contributed by atoms with Crippen LogP contribution < -0.4 is 15.6 Å². The molecule has 0 saturated heterocycles. The Balaban J connectivity index is 1.40. The molecule has 0 aliphatic rings. The molecule has 1 amide bonds. The maximum Gasteiger partial charge on any atom is 0.271 e. The first-order chi connectivity index (χ1) is 15.1. The van der Waals surface area contributed by atoms with E-state index in [9.17, 15) is 14.7 Å². The molecule has 0 unspecified atom stereocenters. The summed E-state index contributed by atoms with van der Waals surface area (Å²) in [6.45, 7) is 0.0575. The topological polar surface area (TPSA) is 101 Å². The number of nitrogens with zero attached hydrogens (tertiary/aromatic N) is 1. The van der Waals surface area contributed by atoms with E-state index in [1.807, 2.05) is 0 Å². The monoisotopic (exact) mass is 414 g/mol. The minimum absolute atomic E-state index is 0.00179. The van der Waals surface area contributed by atoms with Gasteiger partial charge in [-0.05, 0) is 48.0 Å². The van der Waals surface area contributed by atoms with Crippen molar-refractivity contribution in [3.63, 3.8) is 0 Å². The van der Waals surface area contributed by atoms with Crippen molar-refractivity contribution >= 4 is 23.1 Å². The van der Waals surface area contributed by atoms with Crippen LogP contribution in [0.1, 0.15) is 21.5 Å². The van der Waals surface area contributed by atoms with Gasteiger partial charge in [0, 0.05) is 5.56 Å². The zero-order chi connectivity index (χ0) is 21.6. The van der Waals surface area contributed by atoms with E-state index in [1.165, 1.54) is 24.6 Å². The maximum absolute atomic E-state index is 12.5. The molecule has 0 aliphatic carbocycles. The number of para-hydroxylation sites is 1. The van der Waals surface area contributed by atoms with Gasteiger partial charge in [-0.15, -0.1) is 0 Å². The summed E-state index contributed by atoms with van der Waals surface area (Å²) < 4.78 is 11.2. The average molecular weight is 414 g/mol. The summed E-state index contributed by atoms with van der Waals surface area (Å²) in [5.41, 5.74) is 4.20. The molecule has 7 nitrogen and oxygen atoms in total. The highest BCUT2D eigenvalue weighted by Gasteiger charge is 2.08. The number of carbonyl (C=O) groups is 1. The quantitative estimate of drug-likeness (QED) is 0.369. The molecule has 4 rings (SSSR count). The van der Waals surface area contributed by atoms with Gasteiger partial charge >= 0.3 is 0 Å². The fourth-order valence-corrected chi connectivity index (χ4v) is 2.94. The van der Waals surface area contributed by atoms with Crippen molar-refractivity contribution in [2.24, 2.45) is 5.10 Å². The number of phenols is 1. The molecule has 1 heterocycles. The summed E-state index contributed by atoms with van der Waals surface area (Å²) in [5, 5.41) is 13.9. The molecule has 154 valence electrons. The van der Waals surface area contributed by atoms with Crippen LogP contribution in [0.5, 0.6) is 11.5 Å². The third-order valence-electron chi connectivity index (χ3n) is 4.49. The number of fused-ring (bicyclic) bond motifs is 1. The van der Waals surface area contributed by atoms with Crippen molar-refractivity contribution < 1.29 is 19.1 Å². The number of phenolic OH excluding ortho intramolecular Hbond substituents is 1. The number of hydrogen-bond donors (Lipinski definition) is 2. The van der Waals surface area contributed by atoms with E-state index in [-0.39, 0.29) is 17.8 Å². The molecular formula is C24H18N2O5. The fourth-order valence-electron chi connectivity index (χ4n) is 2.94. The highest BCUT2D eigenvalue weighted by molar-refractivity contribution is 5.95. The second-order valence-corrected chi connectivity index (χ2v) is 6.70. The molecule has 1 aromatic heterocycles. The van der Waals surface area contributed by atoms with Crippen LogP contribution in [0.2, 0.25) is 0 Å². The Morgan fingerprint density at radius 3 is 2.77 bits per heavy atom. The molecule has 0 aliphatic heterocycles. The van der Waals surface area contributed by atoms with Crippen LogP contribution in [-0.2, 0) is 6.61 Å². The standard InChI is InChI=1S/C24H18N2O5/c27-19-7-4-6-17(12-19)24(29)26-25-13-16-5-3-8-20(11-16)30-14-18-15-31-22-10-2-1-9-21(22)23(18)28/h1-13,15,27H,14H2,(H,26,29)/b25-13+. The molecule has 4 aromatic rings. The van der Waals surface area contributed by atoms with E-state index in [1.54, 1.807) is 60.7 Å². The third kappa shape index (κ3) is 4.79. The molecule has 2 N–H and O–H groups in total. The number of aromatic hydroxyl groups is 1. The van der Waals surface area contributed by atoms with Crippen LogP contribution in [-0.4, -0.2) is 17.2 Å². The second-order valence-electron chi connectivity index (χ2n) is 6.70. The van der Waals surface area contributed by atoms with Gasteiger partial charge in [0.05, 0.1) is 17.2 Å². The Kier molecular flexibility index (Phi) is 5.75. The number of nitrogens with one attached hydrogen (secondary N) is 1. The normalized spacial score (nSPS) is 11.0. The van der Waals surface area contributed by atoms with E-state index >= 15 is 0 Å². The highest BCUT2D eigenvalue weighted by Crippen LogP contribution is 2.16. The number of amides is 1. The van der Waals surface area contributed by atoms with Gasteiger partial charge in [0.25, 0.3) is 5.91 Å².